The zero-order chi connectivity index (χ0) is 20.7. The van der Waals surface area contributed by atoms with Crippen LogP contribution < -0.4 is 10.6 Å². The van der Waals surface area contributed by atoms with Gasteiger partial charge in [0.15, 0.2) is 0 Å². The Kier molecular flexibility index (Phi) is 5.72. The summed E-state index contributed by atoms with van der Waals surface area (Å²) in [5.74, 6) is 4.15. The molecule has 0 aromatic heterocycles. The van der Waals surface area contributed by atoms with E-state index in [2.05, 4.69) is 16.7 Å². The SMILES string of the molecule is N#C[C@@H]1CCCN1C(=O)CNC12CC3CC(C1)C(NCC(=O)N1CCSC1)C(C3)C2. The van der Waals surface area contributed by atoms with E-state index < -0.39 is 0 Å². The average molecular weight is 432 g/mol. The largest absolute Gasteiger partial charge is 0.332 e. The summed E-state index contributed by atoms with van der Waals surface area (Å²) in [6, 6.07) is 2.47. The van der Waals surface area contributed by atoms with Crippen LogP contribution in [0.1, 0.15) is 44.9 Å². The Labute approximate surface area is 183 Å². The van der Waals surface area contributed by atoms with Crippen LogP contribution in [0, 0.1) is 29.1 Å². The van der Waals surface area contributed by atoms with Gasteiger partial charge in [0.25, 0.3) is 0 Å². The molecular weight excluding hydrogens is 398 g/mol. The number of hydrogen-bond donors (Lipinski definition) is 2. The second-order valence-corrected chi connectivity index (χ2v) is 11.2. The molecule has 2 unspecified atom stereocenters. The lowest BCUT2D eigenvalue weighted by Gasteiger charge is -2.60. The van der Waals surface area contributed by atoms with E-state index in [1.807, 2.05) is 16.7 Å². The minimum absolute atomic E-state index is 0.0712. The van der Waals surface area contributed by atoms with Gasteiger partial charge in [-0.1, -0.05) is 0 Å². The van der Waals surface area contributed by atoms with Gasteiger partial charge in [0.2, 0.25) is 11.8 Å². The Balaban J connectivity index is 1.17. The Hall–Kier alpha value is -1.30. The van der Waals surface area contributed by atoms with Crippen molar-refractivity contribution in [2.45, 2.75) is 62.6 Å². The molecule has 0 aromatic rings. The highest BCUT2D eigenvalue weighted by Gasteiger charge is 2.55. The van der Waals surface area contributed by atoms with Crippen molar-refractivity contribution in [3.05, 3.63) is 0 Å². The molecule has 2 N–H and O–H groups in total. The van der Waals surface area contributed by atoms with E-state index >= 15 is 0 Å². The lowest BCUT2D eigenvalue weighted by Crippen LogP contribution is -2.66. The average Bonchev–Trinajstić information content (AvgIpc) is 3.42. The molecule has 2 aliphatic heterocycles. The van der Waals surface area contributed by atoms with E-state index in [4.69, 9.17) is 0 Å². The molecule has 6 fully saturated rings. The number of nitriles is 1. The summed E-state index contributed by atoms with van der Waals surface area (Å²) in [6.45, 7) is 2.42. The molecule has 7 nitrogen and oxygen atoms in total. The molecule has 4 saturated carbocycles. The molecule has 4 bridgehead atoms. The highest BCUT2D eigenvalue weighted by Crippen LogP contribution is 2.55. The van der Waals surface area contributed by atoms with E-state index in [9.17, 15) is 14.9 Å². The molecule has 3 atom stereocenters. The Morgan fingerprint density at radius 2 is 1.90 bits per heavy atom. The van der Waals surface area contributed by atoms with Gasteiger partial charge >= 0.3 is 0 Å². The van der Waals surface area contributed by atoms with Gasteiger partial charge in [0.1, 0.15) is 6.04 Å². The van der Waals surface area contributed by atoms with Crippen LogP contribution in [0.3, 0.4) is 0 Å². The molecule has 4 aliphatic carbocycles. The number of nitrogens with one attached hydrogen (secondary N) is 2. The zero-order valence-electron chi connectivity index (χ0n) is 17.6. The van der Waals surface area contributed by atoms with Crippen molar-refractivity contribution < 1.29 is 9.59 Å². The minimum atomic E-state index is -0.240. The maximum absolute atomic E-state index is 12.7. The molecule has 6 aliphatic rings. The van der Waals surface area contributed by atoms with Gasteiger partial charge in [-0.25, -0.2) is 0 Å². The minimum Gasteiger partial charge on any atom is -0.332 e. The molecular formula is C22H33N5O2S. The number of likely N-dealkylation sites (tertiary alicyclic amines) is 1. The van der Waals surface area contributed by atoms with E-state index in [1.165, 1.54) is 19.3 Å². The number of rotatable bonds is 6. The first-order valence-corrected chi connectivity index (χ1v) is 12.8. The summed E-state index contributed by atoms with van der Waals surface area (Å²) in [5.41, 5.74) is 0.0712. The maximum atomic E-state index is 12.7. The predicted molar refractivity (Wildman–Crippen MR) is 115 cm³/mol. The molecule has 2 heterocycles. The van der Waals surface area contributed by atoms with E-state index in [0.29, 0.717) is 31.0 Å². The van der Waals surface area contributed by atoms with Gasteiger partial charge in [-0.05, 0) is 62.7 Å². The van der Waals surface area contributed by atoms with Crippen LogP contribution in [-0.4, -0.2) is 77.0 Å². The molecule has 164 valence electrons. The molecule has 2 amide bonds. The van der Waals surface area contributed by atoms with Crippen LogP contribution >= 0.6 is 11.8 Å². The quantitative estimate of drug-likeness (QED) is 0.656. The number of carbonyl (C=O) groups is 2. The van der Waals surface area contributed by atoms with Crippen molar-refractivity contribution in [2.75, 3.05) is 37.8 Å². The molecule has 0 spiro atoms. The van der Waals surface area contributed by atoms with E-state index in [1.54, 1.807) is 4.90 Å². The lowest BCUT2D eigenvalue weighted by molar-refractivity contribution is -0.132. The first-order chi connectivity index (χ1) is 14.6. The second-order valence-electron chi connectivity index (χ2n) is 10.1. The Morgan fingerprint density at radius 3 is 2.60 bits per heavy atom. The maximum Gasteiger partial charge on any atom is 0.237 e. The second kappa shape index (κ2) is 8.33. The fourth-order valence-corrected chi connectivity index (χ4v) is 8.04. The van der Waals surface area contributed by atoms with Crippen molar-refractivity contribution in [3.63, 3.8) is 0 Å². The van der Waals surface area contributed by atoms with Crippen molar-refractivity contribution in [1.82, 2.24) is 20.4 Å². The normalized spacial score (nSPS) is 39.5. The number of thioether (sulfide) groups is 1. The number of amides is 2. The van der Waals surface area contributed by atoms with Crippen LogP contribution in [0.15, 0.2) is 0 Å². The highest BCUT2D eigenvalue weighted by atomic mass is 32.2. The topological polar surface area (TPSA) is 88.5 Å². The summed E-state index contributed by atoms with van der Waals surface area (Å²) < 4.78 is 0. The first kappa shape index (κ1) is 20.6. The fourth-order valence-electron chi connectivity index (χ4n) is 7.07. The number of carbonyl (C=O) groups excluding carboxylic acids is 2. The summed E-state index contributed by atoms with van der Waals surface area (Å²) in [6.07, 6.45) is 7.61. The number of nitrogens with zero attached hydrogens (tertiary/aromatic N) is 3. The first-order valence-electron chi connectivity index (χ1n) is 11.6. The third kappa shape index (κ3) is 3.85. The smallest absolute Gasteiger partial charge is 0.237 e. The van der Waals surface area contributed by atoms with Gasteiger partial charge in [-0.3, -0.25) is 9.59 Å². The molecule has 0 aromatic carbocycles. The Bertz CT molecular complexity index is 718. The third-order valence-electron chi connectivity index (χ3n) is 8.20. The number of hydrogen-bond acceptors (Lipinski definition) is 6. The monoisotopic (exact) mass is 431 g/mol. The van der Waals surface area contributed by atoms with Gasteiger partial charge in [0.05, 0.1) is 25.0 Å². The standard InChI is InChI=1S/C22H33N5O2S/c23-11-18-2-1-3-27(18)20(29)13-25-22-8-15-6-16(9-22)21(17(7-15)10-22)24-12-19(28)26-4-5-30-14-26/h15-18,21,24-25H,1-10,12-14H2/t15?,16?,17?,18-,21?,22?/m0/s1. The van der Waals surface area contributed by atoms with Crippen LogP contribution in [0.4, 0.5) is 0 Å². The van der Waals surface area contributed by atoms with Crippen LogP contribution in [-0.2, 0) is 9.59 Å². The van der Waals surface area contributed by atoms with Crippen LogP contribution in [0.25, 0.3) is 0 Å². The summed E-state index contributed by atoms with van der Waals surface area (Å²) in [7, 11) is 0. The van der Waals surface area contributed by atoms with Gasteiger partial charge in [0, 0.05) is 30.4 Å². The zero-order valence-corrected chi connectivity index (χ0v) is 18.5. The van der Waals surface area contributed by atoms with Crippen molar-refractivity contribution in [2.24, 2.45) is 17.8 Å². The summed E-state index contributed by atoms with van der Waals surface area (Å²) in [4.78, 5) is 28.9. The predicted octanol–water partition coefficient (Wildman–Crippen LogP) is 1.16. The molecule has 0 radical (unpaired) electrons. The van der Waals surface area contributed by atoms with Crippen LogP contribution in [0.2, 0.25) is 0 Å². The molecule has 2 saturated heterocycles. The van der Waals surface area contributed by atoms with E-state index in [-0.39, 0.29) is 23.4 Å². The van der Waals surface area contributed by atoms with E-state index in [0.717, 1.165) is 56.3 Å². The van der Waals surface area contributed by atoms with Gasteiger partial charge in [-0.15, -0.1) is 11.8 Å². The van der Waals surface area contributed by atoms with Crippen molar-refractivity contribution >= 4 is 23.6 Å². The highest BCUT2D eigenvalue weighted by molar-refractivity contribution is 7.99. The third-order valence-corrected chi connectivity index (χ3v) is 9.17. The Morgan fingerprint density at radius 1 is 1.10 bits per heavy atom. The van der Waals surface area contributed by atoms with Crippen LogP contribution in [0.5, 0.6) is 0 Å². The summed E-state index contributed by atoms with van der Waals surface area (Å²) >= 11 is 1.83. The fraction of sp³-hybridized carbons (Fsp3) is 0.864. The van der Waals surface area contributed by atoms with Crippen molar-refractivity contribution in [1.29, 1.82) is 5.26 Å². The van der Waals surface area contributed by atoms with Gasteiger partial charge in [-0.2, -0.15) is 5.26 Å². The molecule has 6 rings (SSSR count). The van der Waals surface area contributed by atoms with Gasteiger partial charge < -0.3 is 20.4 Å². The summed E-state index contributed by atoms with van der Waals surface area (Å²) in [5, 5.41) is 16.6. The lowest BCUT2D eigenvalue weighted by atomic mass is 9.51. The van der Waals surface area contributed by atoms with Crippen molar-refractivity contribution in [3.8, 4) is 6.07 Å². The molecule has 30 heavy (non-hydrogen) atoms. The molecule has 8 heteroatoms.